The first kappa shape index (κ1) is 22.8. The van der Waals surface area contributed by atoms with Gasteiger partial charge in [0.25, 0.3) is 0 Å². The Hall–Kier alpha value is -1.84. The molecule has 0 aliphatic carbocycles. The van der Waals surface area contributed by atoms with Gasteiger partial charge >= 0.3 is 6.18 Å². The number of halogens is 3. The van der Waals surface area contributed by atoms with Crippen molar-refractivity contribution in [1.29, 1.82) is 0 Å². The summed E-state index contributed by atoms with van der Waals surface area (Å²) >= 11 is 0. The maximum absolute atomic E-state index is 12.6. The molecule has 0 amide bonds. The minimum atomic E-state index is -4.16. The van der Waals surface area contributed by atoms with Crippen molar-refractivity contribution in [3.05, 3.63) is 35.4 Å². The molecule has 2 aliphatic rings. The molecule has 0 bridgehead atoms. The topological polar surface area (TPSA) is 58.1 Å². The average Bonchev–Trinajstić information content (AvgIpc) is 3.15. The van der Waals surface area contributed by atoms with Crippen LogP contribution in [0.4, 0.5) is 13.2 Å². The first-order chi connectivity index (χ1) is 14.4. The van der Waals surface area contributed by atoms with Crippen LogP contribution in [0.3, 0.4) is 0 Å². The van der Waals surface area contributed by atoms with Crippen molar-refractivity contribution >= 4 is 5.96 Å². The van der Waals surface area contributed by atoms with Crippen molar-refractivity contribution in [3.8, 4) is 0 Å². The van der Waals surface area contributed by atoms with Crippen LogP contribution in [-0.2, 0) is 22.6 Å². The summed E-state index contributed by atoms with van der Waals surface area (Å²) < 4.78 is 49.0. The van der Waals surface area contributed by atoms with Crippen LogP contribution in [0.25, 0.3) is 0 Å². The molecule has 0 aromatic heterocycles. The SMILES string of the molecule is CN=C(NCc1cccc(COC2CCOCC2)c1)NC1CCN(CC(F)(F)F)C1. The van der Waals surface area contributed by atoms with Gasteiger partial charge in [-0.05, 0) is 30.4 Å². The average molecular weight is 428 g/mol. The van der Waals surface area contributed by atoms with E-state index < -0.39 is 12.7 Å². The third kappa shape index (κ3) is 7.77. The molecule has 30 heavy (non-hydrogen) atoms. The van der Waals surface area contributed by atoms with E-state index in [1.54, 1.807) is 7.05 Å². The zero-order valence-corrected chi connectivity index (χ0v) is 17.4. The second-order valence-corrected chi connectivity index (χ2v) is 7.85. The Morgan fingerprint density at radius 1 is 1.23 bits per heavy atom. The Bertz CT molecular complexity index is 693. The molecule has 9 heteroatoms. The molecule has 2 aliphatic heterocycles. The van der Waals surface area contributed by atoms with Gasteiger partial charge in [0.1, 0.15) is 0 Å². The predicted molar refractivity (Wildman–Crippen MR) is 109 cm³/mol. The van der Waals surface area contributed by atoms with Gasteiger partial charge in [-0.3, -0.25) is 9.89 Å². The van der Waals surface area contributed by atoms with Crippen molar-refractivity contribution < 1.29 is 22.6 Å². The summed E-state index contributed by atoms with van der Waals surface area (Å²) in [5, 5.41) is 6.48. The maximum atomic E-state index is 12.6. The Morgan fingerprint density at radius 3 is 2.73 bits per heavy atom. The number of hydrogen-bond acceptors (Lipinski definition) is 4. The largest absolute Gasteiger partial charge is 0.401 e. The smallest absolute Gasteiger partial charge is 0.381 e. The third-order valence-electron chi connectivity index (χ3n) is 5.35. The van der Waals surface area contributed by atoms with Crippen LogP contribution in [0.15, 0.2) is 29.3 Å². The maximum Gasteiger partial charge on any atom is 0.401 e. The molecule has 0 saturated carbocycles. The van der Waals surface area contributed by atoms with E-state index in [-0.39, 0.29) is 12.1 Å². The molecule has 168 valence electrons. The van der Waals surface area contributed by atoms with Crippen molar-refractivity contribution in [2.24, 2.45) is 4.99 Å². The van der Waals surface area contributed by atoms with Gasteiger partial charge in [0.05, 0.1) is 19.3 Å². The van der Waals surface area contributed by atoms with Crippen LogP contribution in [0.5, 0.6) is 0 Å². The van der Waals surface area contributed by atoms with Crippen molar-refractivity contribution in [2.75, 3.05) is 39.9 Å². The van der Waals surface area contributed by atoms with Crippen molar-refractivity contribution in [1.82, 2.24) is 15.5 Å². The molecular weight excluding hydrogens is 397 g/mol. The zero-order chi connectivity index (χ0) is 21.4. The lowest BCUT2D eigenvalue weighted by Crippen LogP contribution is -2.44. The number of ether oxygens (including phenoxy) is 2. The number of aliphatic imine (C=N–C) groups is 1. The van der Waals surface area contributed by atoms with E-state index in [9.17, 15) is 13.2 Å². The fourth-order valence-corrected chi connectivity index (χ4v) is 3.81. The normalized spacial score (nSPS) is 21.7. The van der Waals surface area contributed by atoms with Gasteiger partial charge < -0.3 is 20.1 Å². The van der Waals surface area contributed by atoms with E-state index in [2.05, 4.69) is 21.7 Å². The number of likely N-dealkylation sites (tertiary alicyclic amines) is 1. The summed E-state index contributed by atoms with van der Waals surface area (Å²) in [6.45, 7) is 2.60. The van der Waals surface area contributed by atoms with Crippen LogP contribution < -0.4 is 10.6 Å². The van der Waals surface area contributed by atoms with Gasteiger partial charge in [0.2, 0.25) is 0 Å². The number of rotatable bonds is 7. The molecule has 1 aromatic carbocycles. The Morgan fingerprint density at radius 2 is 2.00 bits per heavy atom. The van der Waals surface area contributed by atoms with Crippen LogP contribution in [0.1, 0.15) is 30.4 Å². The monoisotopic (exact) mass is 428 g/mol. The number of nitrogens with one attached hydrogen (secondary N) is 2. The van der Waals surface area contributed by atoms with E-state index in [0.29, 0.717) is 38.6 Å². The molecular formula is C21H31F3N4O2. The molecule has 2 heterocycles. The summed E-state index contributed by atoms with van der Waals surface area (Å²) in [4.78, 5) is 5.63. The number of benzene rings is 1. The van der Waals surface area contributed by atoms with E-state index >= 15 is 0 Å². The van der Waals surface area contributed by atoms with Crippen molar-refractivity contribution in [2.45, 2.75) is 50.7 Å². The van der Waals surface area contributed by atoms with Gasteiger partial charge in [0.15, 0.2) is 5.96 Å². The quantitative estimate of drug-likeness (QED) is 0.517. The molecule has 2 N–H and O–H groups in total. The third-order valence-corrected chi connectivity index (χ3v) is 5.35. The van der Waals surface area contributed by atoms with Crippen LogP contribution in [0.2, 0.25) is 0 Å². The number of alkyl halides is 3. The number of guanidine groups is 1. The Kier molecular flexibility index (Phi) is 8.35. The van der Waals surface area contributed by atoms with E-state index in [0.717, 1.165) is 37.2 Å². The summed E-state index contributed by atoms with van der Waals surface area (Å²) in [6.07, 6.45) is -1.37. The van der Waals surface area contributed by atoms with E-state index in [1.165, 1.54) is 4.90 Å². The Labute approximate surface area is 175 Å². The van der Waals surface area contributed by atoms with Gasteiger partial charge in [-0.15, -0.1) is 0 Å². The molecule has 1 unspecified atom stereocenters. The molecule has 3 rings (SSSR count). The number of nitrogens with zero attached hydrogens (tertiary/aromatic N) is 2. The minimum absolute atomic E-state index is 0.0437. The van der Waals surface area contributed by atoms with Crippen LogP contribution in [0, 0.1) is 0 Å². The van der Waals surface area contributed by atoms with Gasteiger partial charge in [-0.2, -0.15) is 13.2 Å². The lowest BCUT2D eigenvalue weighted by atomic mass is 10.1. The summed E-state index contributed by atoms with van der Waals surface area (Å²) in [5.74, 6) is 0.595. The highest BCUT2D eigenvalue weighted by Gasteiger charge is 2.34. The highest BCUT2D eigenvalue weighted by Crippen LogP contribution is 2.20. The zero-order valence-electron chi connectivity index (χ0n) is 17.4. The first-order valence-corrected chi connectivity index (χ1v) is 10.4. The summed E-state index contributed by atoms with van der Waals surface area (Å²) in [7, 11) is 1.66. The van der Waals surface area contributed by atoms with Gasteiger partial charge in [-0.25, -0.2) is 0 Å². The lowest BCUT2D eigenvalue weighted by molar-refractivity contribution is -0.143. The lowest BCUT2D eigenvalue weighted by Gasteiger charge is -2.22. The Balaban J connectivity index is 1.42. The van der Waals surface area contributed by atoms with E-state index in [4.69, 9.17) is 9.47 Å². The fourth-order valence-electron chi connectivity index (χ4n) is 3.81. The summed E-state index contributed by atoms with van der Waals surface area (Å²) in [6, 6.07) is 8.13. The highest BCUT2D eigenvalue weighted by atomic mass is 19.4. The summed E-state index contributed by atoms with van der Waals surface area (Å²) in [5.41, 5.74) is 2.21. The second kappa shape index (κ2) is 11.0. The molecule has 2 fully saturated rings. The number of hydrogen-bond donors (Lipinski definition) is 2. The standard InChI is InChI=1S/C21H31F3N4O2/c1-25-20(27-18-5-8-28(13-18)15-21(22,23)24)26-12-16-3-2-4-17(11-16)14-30-19-6-9-29-10-7-19/h2-4,11,18-19H,5-10,12-15H2,1H3,(H2,25,26,27). The molecule has 0 radical (unpaired) electrons. The van der Waals surface area contributed by atoms with Gasteiger partial charge in [0, 0.05) is 45.9 Å². The predicted octanol–water partition coefficient (Wildman–Crippen LogP) is 2.68. The van der Waals surface area contributed by atoms with Crippen LogP contribution in [-0.4, -0.2) is 69.1 Å². The molecule has 2 saturated heterocycles. The highest BCUT2D eigenvalue weighted by molar-refractivity contribution is 5.80. The van der Waals surface area contributed by atoms with Crippen LogP contribution >= 0.6 is 0 Å². The minimum Gasteiger partial charge on any atom is -0.381 e. The molecule has 1 atom stereocenters. The first-order valence-electron chi connectivity index (χ1n) is 10.4. The van der Waals surface area contributed by atoms with E-state index in [1.807, 2.05) is 18.2 Å². The molecule has 6 nitrogen and oxygen atoms in total. The second-order valence-electron chi connectivity index (χ2n) is 7.85. The fraction of sp³-hybridized carbons (Fsp3) is 0.667. The van der Waals surface area contributed by atoms with Crippen molar-refractivity contribution in [3.63, 3.8) is 0 Å². The molecule has 1 aromatic rings. The molecule has 0 spiro atoms. The van der Waals surface area contributed by atoms with Gasteiger partial charge in [-0.1, -0.05) is 24.3 Å².